The van der Waals surface area contributed by atoms with Crippen LogP contribution in [0.1, 0.15) is 41.5 Å². The molecule has 0 unspecified atom stereocenters. The summed E-state index contributed by atoms with van der Waals surface area (Å²) >= 11 is -1.16. The van der Waals surface area contributed by atoms with E-state index in [-0.39, 0.29) is 16.6 Å². The molecule has 0 spiro atoms. The number of ketones is 1. The number of hydrogen-bond donors (Lipinski definition) is 0. The van der Waals surface area contributed by atoms with Crippen molar-refractivity contribution in [2.75, 3.05) is 0 Å². The van der Waals surface area contributed by atoms with Crippen molar-refractivity contribution >= 4 is 20.3 Å². The Morgan fingerprint density at radius 2 is 1.44 bits per heavy atom. The molecule has 3 heteroatoms. The highest BCUT2D eigenvalue weighted by molar-refractivity contribution is 6.48. The van der Waals surface area contributed by atoms with E-state index in [0.29, 0.717) is 0 Å². The van der Waals surface area contributed by atoms with E-state index in [4.69, 9.17) is 3.79 Å². The van der Waals surface area contributed by atoms with E-state index in [2.05, 4.69) is 32.3 Å². The van der Waals surface area contributed by atoms with Crippen LogP contribution in [0.5, 0.6) is 0 Å². The molecule has 0 rings (SSSR count). The van der Waals surface area contributed by atoms with Gasteiger partial charge in [0.25, 0.3) is 0 Å². The Bertz CT molecular complexity index is 277. The topological polar surface area (TPSA) is 26.3 Å². The standard InChI is InChI=1S/C11H20O2.2CH3.Al/c1-10(2,3)8(12)7-9(13)11(4,5)6;;;/h7,12H,1-6H3;2*1H3;/q;;;+1/p-1/b8-7-;;;. The second kappa shape index (κ2) is 5.38. The maximum atomic E-state index is 12.0. The Balaban J connectivity index is 5.06. The molecule has 0 bridgehead atoms. The van der Waals surface area contributed by atoms with Crippen molar-refractivity contribution in [2.24, 2.45) is 10.8 Å². The Labute approximate surface area is 105 Å². The van der Waals surface area contributed by atoms with Crippen molar-refractivity contribution in [2.45, 2.75) is 53.1 Å². The maximum absolute atomic E-state index is 12.0. The van der Waals surface area contributed by atoms with Crippen molar-refractivity contribution in [3.05, 3.63) is 11.8 Å². The zero-order valence-electron chi connectivity index (χ0n) is 12.0. The van der Waals surface area contributed by atoms with E-state index in [0.717, 1.165) is 5.76 Å². The Morgan fingerprint density at radius 1 is 1.00 bits per heavy atom. The van der Waals surface area contributed by atoms with E-state index in [1.54, 1.807) is 6.08 Å². The fourth-order valence-corrected chi connectivity index (χ4v) is 1.95. The molecule has 2 nitrogen and oxygen atoms in total. The molecule has 0 aliphatic carbocycles. The predicted molar refractivity (Wildman–Crippen MR) is 70.6 cm³/mol. The van der Waals surface area contributed by atoms with Crippen LogP contribution >= 0.6 is 0 Å². The van der Waals surface area contributed by atoms with Gasteiger partial charge in [-0.05, 0) is 0 Å². The predicted octanol–water partition coefficient (Wildman–Crippen LogP) is 3.80. The van der Waals surface area contributed by atoms with Crippen LogP contribution in [-0.2, 0) is 8.58 Å². The molecule has 0 saturated carbocycles. The lowest BCUT2D eigenvalue weighted by molar-refractivity contribution is -0.121. The molecule has 0 aliphatic rings. The molecular weight excluding hydrogens is 215 g/mol. The van der Waals surface area contributed by atoms with Crippen LogP contribution in [0, 0.1) is 10.8 Å². The average Bonchev–Trinajstić information content (AvgIpc) is 1.98. The first-order valence-electron chi connectivity index (χ1n) is 5.88. The van der Waals surface area contributed by atoms with Crippen LogP contribution in [0.2, 0.25) is 11.6 Å². The Morgan fingerprint density at radius 3 is 1.69 bits per heavy atom. The molecule has 0 radical (unpaired) electrons. The largest absolute Gasteiger partial charge is 0.645 e. The van der Waals surface area contributed by atoms with Crippen molar-refractivity contribution in [1.82, 2.24) is 0 Å². The second-order valence-electron chi connectivity index (χ2n) is 6.54. The summed E-state index contributed by atoms with van der Waals surface area (Å²) in [6.45, 7) is 12.0. The highest BCUT2D eigenvalue weighted by atomic mass is 27.2. The van der Waals surface area contributed by atoms with Crippen molar-refractivity contribution in [3.63, 3.8) is 0 Å². The lowest BCUT2D eigenvalue weighted by Gasteiger charge is -2.27. The van der Waals surface area contributed by atoms with Gasteiger partial charge in [0.2, 0.25) is 0 Å². The van der Waals surface area contributed by atoms with Gasteiger partial charge < -0.3 is 3.79 Å². The number of rotatable bonds is 3. The molecule has 0 saturated heterocycles. The van der Waals surface area contributed by atoms with Crippen molar-refractivity contribution < 1.29 is 8.58 Å². The first-order chi connectivity index (χ1) is 6.94. The van der Waals surface area contributed by atoms with Crippen LogP contribution in [0.15, 0.2) is 11.8 Å². The van der Waals surface area contributed by atoms with Crippen LogP contribution in [0.4, 0.5) is 0 Å². The van der Waals surface area contributed by atoms with Crippen LogP contribution in [0.25, 0.3) is 0 Å². The first kappa shape index (κ1) is 15.7. The molecule has 0 heterocycles. The molecule has 92 valence electrons. The zero-order valence-corrected chi connectivity index (χ0v) is 13.1. The minimum Gasteiger partial charge on any atom is -0.645 e. The lowest BCUT2D eigenvalue weighted by Crippen LogP contribution is -2.23. The first-order valence-corrected chi connectivity index (χ1v) is 8.66. The molecular formula is C13H25AlO2. The summed E-state index contributed by atoms with van der Waals surface area (Å²) in [5.74, 6) is 5.18. The summed E-state index contributed by atoms with van der Waals surface area (Å²) in [7, 11) is 0. The molecule has 0 amide bonds. The highest BCUT2D eigenvalue weighted by Gasteiger charge is 2.26. The molecule has 0 aromatic carbocycles. The fourth-order valence-electron chi connectivity index (χ4n) is 1.02. The van der Waals surface area contributed by atoms with Crippen LogP contribution < -0.4 is 0 Å². The number of carbonyl (C=O) groups is 1. The van der Waals surface area contributed by atoms with Gasteiger partial charge >= 0.3 is 14.5 Å². The van der Waals surface area contributed by atoms with Gasteiger partial charge in [0.15, 0.2) is 5.78 Å². The smallest absolute Gasteiger partial charge is 0.539 e. The summed E-state index contributed by atoms with van der Waals surface area (Å²) in [5, 5.41) is 0. The SMILES string of the molecule is [CH3][Al]([CH3])[O]/C(=C\C(=O)C(C)(C)C)C(C)(C)C. The Kier molecular flexibility index (Phi) is 5.30. The van der Waals surface area contributed by atoms with Gasteiger partial charge in [-0.1, -0.05) is 53.1 Å². The summed E-state index contributed by atoms with van der Waals surface area (Å²) in [5.41, 5.74) is -0.434. The molecule has 16 heavy (non-hydrogen) atoms. The van der Waals surface area contributed by atoms with Crippen LogP contribution in [-0.4, -0.2) is 20.3 Å². The van der Waals surface area contributed by atoms with Gasteiger partial charge in [-0.25, -0.2) is 0 Å². The molecule has 0 fully saturated rings. The van der Waals surface area contributed by atoms with E-state index in [9.17, 15) is 4.79 Å². The van der Waals surface area contributed by atoms with Gasteiger partial charge in [-0.3, -0.25) is 4.79 Å². The van der Waals surface area contributed by atoms with Gasteiger partial charge in [0.05, 0.1) is 5.76 Å². The van der Waals surface area contributed by atoms with Gasteiger partial charge in [-0.15, -0.1) is 0 Å². The van der Waals surface area contributed by atoms with E-state index < -0.39 is 14.5 Å². The summed E-state index contributed by atoms with van der Waals surface area (Å²) in [6.07, 6.45) is 1.69. The lowest BCUT2D eigenvalue weighted by atomic mass is 9.87. The molecule has 0 aromatic rings. The van der Waals surface area contributed by atoms with Gasteiger partial charge in [-0.2, -0.15) is 0 Å². The second-order valence-corrected chi connectivity index (χ2v) is 8.87. The monoisotopic (exact) mass is 240 g/mol. The Hall–Kier alpha value is -0.258. The third-order valence-corrected chi connectivity index (χ3v) is 2.83. The van der Waals surface area contributed by atoms with Gasteiger partial charge in [0, 0.05) is 16.9 Å². The molecule has 0 aromatic heterocycles. The third kappa shape index (κ3) is 5.72. The highest BCUT2D eigenvalue weighted by Crippen LogP contribution is 2.28. The third-order valence-electron chi connectivity index (χ3n) is 2.10. The zero-order chi connectivity index (χ0) is 13.1. The van der Waals surface area contributed by atoms with Crippen molar-refractivity contribution in [3.8, 4) is 0 Å². The number of hydrogen-bond acceptors (Lipinski definition) is 2. The number of allylic oxidation sites excluding steroid dienone is 2. The summed E-state index contributed by atoms with van der Waals surface area (Å²) in [4.78, 5) is 12.0. The maximum Gasteiger partial charge on any atom is 0.539 e. The number of carbonyl (C=O) groups excluding carboxylic acids is 1. The van der Waals surface area contributed by atoms with E-state index in [1.807, 2.05) is 20.8 Å². The molecule has 0 atom stereocenters. The van der Waals surface area contributed by atoms with Crippen LogP contribution in [0.3, 0.4) is 0 Å². The van der Waals surface area contributed by atoms with Crippen molar-refractivity contribution in [1.29, 1.82) is 0 Å². The van der Waals surface area contributed by atoms with E-state index in [1.165, 1.54) is 0 Å². The van der Waals surface area contributed by atoms with Gasteiger partial charge in [0.1, 0.15) is 0 Å². The fraction of sp³-hybridized carbons (Fsp3) is 0.769. The quantitative estimate of drug-likeness (QED) is 0.426. The molecule has 0 aliphatic heterocycles. The normalized spacial score (nSPS) is 13.6. The molecule has 0 N–H and O–H groups in total. The average molecular weight is 240 g/mol. The summed E-state index contributed by atoms with van der Waals surface area (Å²) < 4.78 is 5.86. The van der Waals surface area contributed by atoms with E-state index >= 15 is 0 Å². The minimum atomic E-state index is -1.16. The summed E-state index contributed by atoms with van der Waals surface area (Å²) in [6, 6.07) is 0. The minimum absolute atomic E-state index is 0.0990.